The zero-order chi connectivity index (χ0) is 21.6. The molecule has 3 aromatic rings. The van der Waals surface area contributed by atoms with Gasteiger partial charge in [-0.25, -0.2) is 8.42 Å². The fraction of sp³-hybridized carbons (Fsp3) is 0.217. The number of halogens is 2. The van der Waals surface area contributed by atoms with Crippen LogP contribution in [0.4, 0.5) is 0 Å². The molecule has 0 amide bonds. The van der Waals surface area contributed by atoms with E-state index in [0.717, 1.165) is 30.5 Å². The first kappa shape index (κ1) is 25.2. The third-order valence-corrected chi connectivity index (χ3v) is 6.75. The van der Waals surface area contributed by atoms with Crippen LogP contribution in [-0.4, -0.2) is 31.7 Å². The number of phenolic OH excluding ortho intramolecular Hbond substituents is 1. The lowest BCUT2D eigenvalue weighted by atomic mass is 10.1. The smallest absolute Gasteiger partial charge is 0.206 e. The molecule has 0 fully saturated rings. The number of hydrogen-bond acceptors (Lipinski definition) is 5. The van der Waals surface area contributed by atoms with E-state index in [9.17, 15) is 18.6 Å². The average Bonchev–Trinajstić information content (AvgIpc) is 2.73. The van der Waals surface area contributed by atoms with Gasteiger partial charge in [0.1, 0.15) is 5.75 Å². The van der Waals surface area contributed by atoms with Crippen LogP contribution in [0.15, 0.2) is 82.6 Å². The Bertz CT molecular complexity index is 1090. The van der Waals surface area contributed by atoms with Crippen molar-refractivity contribution in [3.63, 3.8) is 0 Å². The molecule has 0 saturated heterocycles. The standard InChI is InChI=1S/C23H24ClNO4S.ClH/c24-19-6-1-5-18(14-19)23(27)16-25-13-3-4-17-9-11-21(12-10-17)30(28,29)22-8-2-7-20(26)15-22;/h1-2,5-12,14-15,23,25-27H,3-4,13,16H2;1H/t23-;/m0./s1. The molecule has 3 N–H and O–H groups in total. The Labute approximate surface area is 194 Å². The van der Waals surface area contributed by atoms with Crippen LogP contribution in [-0.2, 0) is 16.3 Å². The lowest BCUT2D eigenvalue weighted by molar-refractivity contribution is 0.175. The second kappa shape index (κ2) is 11.5. The molecule has 0 aromatic heterocycles. The van der Waals surface area contributed by atoms with E-state index in [0.29, 0.717) is 11.6 Å². The Morgan fingerprint density at radius 2 is 1.65 bits per heavy atom. The van der Waals surface area contributed by atoms with Gasteiger partial charge in [0.2, 0.25) is 9.84 Å². The number of sulfone groups is 1. The van der Waals surface area contributed by atoms with Gasteiger partial charge in [0.05, 0.1) is 15.9 Å². The molecule has 0 spiro atoms. The summed E-state index contributed by atoms with van der Waals surface area (Å²) in [6.07, 6.45) is 1.01. The van der Waals surface area contributed by atoms with Crippen LogP contribution in [0.25, 0.3) is 0 Å². The Morgan fingerprint density at radius 3 is 2.32 bits per heavy atom. The minimum atomic E-state index is -3.66. The second-order valence-electron chi connectivity index (χ2n) is 7.02. The number of aliphatic hydroxyl groups excluding tert-OH is 1. The van der Waals surface area contributed by atoms with Gasteiger partial charge < -0.3 is 15.5 Å². The molecule has 1 atom stereocenters. The SMILES string of the molecule is Cl.O=S(=O)(c1ccc(CCCNC[C@H](O)c2cccc(Cl)c2)cc1)c1cccc(O)c1. The number of rotatable bonds is 9. The maximum Gasteiger partial charge on any atom is 0.206 e. The molecule has 0 bridgehead atoms. The van der Waals surface area contributed by atoms with Gasteiger partial charge in [-0.05, 0) is 73.0 Å². The Hall–Kier alpha value is -2.09. The molecule has 3 rings (SSSR count). The monoisotopic (exact) mass is 481 g/mol. The van der Waals surface area contributed by atoms with E-state index in [1.165, 1.54) is 24.3 Å². The minimum Gasteiger partial charge on any atom is -0.508 e. The van der Waals surface area contributed by atoms with Crippen LogP contribution in [0.3, 0.4) is 0 Å². The van der Waals surface area contributed by atoms with Gasteiger partial charge in [0.15, 0.2) is 0 Å². The summed E-state index contributed by atoms with van der Waals surface area (Å²) in [5.41, 5.74) is 1.81. The summed E-state index contributed by atoms with van der Waals surface area (Å²) in [5.74, 6) is -0.0827. The topological polar surface area (TPSA) is 86.6 Å². The van der Waals surface area contributed by atoms with Crippen LogP contribution in [0.5, 0.6) is 5.75 Å². The van der Waals surface area contributed by atoms with Crippen molar-refractivity contribution in [2.24, 2.45) is 0 Å². The number of aromatic hydroxyl groups is 1. The maximum atomic E-state index is 12.6. The first-order valence-corrected chi connectivity index (χ1v) is 11.5. The van der Waals surface area contributed by atoms with E-state index in [-0.39, 0.29) is 27.9 Å². The van der Waals surface area contributed by atoms with E-state index in [4.69, 9.17) is 11.6 Å². The summed E-state index contributed by atoms with van der Waals surface area (Å²) < 4.78 is 25.3. The molecule has 0 radical (unpaired) electrons. The van der Waals surface area contributed by atoms with Crippen LogP contribution in [0, 0.1) is 0 Å². The van der Waals surface area contributed by atoms with Crippen molar-refractivity contribution in [2.75, 3.05) is 13.1 Å². The number of hydrogen-bond donors (Lipinski definition) is 3. The molecule has 8 heteroatoms. The summed E-state index contributed by atoms with van der Waals surface area (Å²) in [6, 6.07) is 19.6. The van der Waals surface area contributed by atoms with Crippen LogP contribution in [0.1, 0.15) is 23.7 Å². The molecule has 0 unspecified atom stereocenters. The zero-order valence-corrected chi connectivity index (χ0v) is 19.1. The molecule has 3 aromatic carbocycles. The van der Waals surface area contributed by atoms with Crippen LogP contribution in [0.2, 0.25) is 5.02 Å². The van der Waals surface area contributed by atoms with Gasteiger partial charge in [-0.2, -0.15) is 0 Å². The normalized spacial score (nSPS) is 12.2. The molecule has 0 saturated carbocycles. The number of phenols is 1. The van der Waals surface area contributed by atoms with Crippen molar-refractivity contribution < 1.29 is 18.6 Å². The van der Waals surface area contributed by atoms with E-state index in [1.54, 1.807) is 36.4 Å². The van der Waals surface area contributed by atoms with Crippen molar-refractivity contribution >= 4 is 33.8 Å². The van der Waals surface area contributed by atoms with Gasteiger partial charge in [0, 0.05) is 11.6 Å². The number of nitrogens with one attached hydrogen (secondary N) is 1. The van der Waals surface area contributed by atoms with Crippen molar-refractivity contribution in [2.45, 2.75) is 28.7 Å². The third kappa shape index (κ3) is 6.95. The van der Waals surface area contributed by atoms with E-state index in [2.05, 4.69) is 5.32 Å². The summed E-state index contributed by atoms with van der Waals surface area (Å²) in [7, 11) is -3.66. The van der Waals surface area contributed by atoms with Crippen molar-refractivity contribution in [3.05, 3.63) is 88.9 Å². The first-order valence-electron chi connectivity index (χ1n) is 9.63. The summed E-state index contributed by atoms with van der Waals surface area (Å²) in [5, 5.41) is 23.5. The van der Waals surface area contributed by atoms with E-state index >= 15 is 0 Å². The summed E-state index contributed by atoms with van der Waals surface area (Å²) >= 11 is 5.94. The predicted octanol–water partition coefficient (Wildman–Crippen LogP) is 4.56. The van der Waals surface area contributed by atoms with Gasteiger partial charge in [-0.1, -0.05) is 41.9 Å². The highest BCUT2D eigenvalue weighted by Crippen LogP contribution is 2.24. The number of benzene rings is 3. The highest BCUT2D eigenvalue weighted by atomic mass is 35.5. The fourth-order valence-electron chi connectivity index (χ4n) is 3.11. The van der Waals surface area contributed by atoms with Gasteiger partial charge >= 0.3 is 0 Å². The third-order valence-electron chi connectivity index (χ3n) is 4.75. The minimum absolute atomic E-state index is 0. The molecular formula is C23H25Cl2NO4S. The van der Waals surface area contributed by atoms with Gasteiger partial charge in [0.25, 0.3) is 0 Å². The Balaban J connectivity index is 0.00000341. The molecule has 0 heterocycles. The molecule has 5 nitrogen and oxygen atoms in total. The molecular weight excluding hydrogens is 457 g/mol. The highest BCUT2D eigenvalue weighted by Gasteiger charge is 2.17. The molecule has 166 valence electrons. The average molecular weight is 482 g/mol. The molecule has 31 heavy (non-hydrogen) atoms. The highest BCUT2D eigenvalue weighted by molar-refractivity contribution is 7.91. The Kier molecular flexibility index (Phi) is 9.34. The van der Waals surface area contributed by atoms with Gasteiger partial charge in [-0.3, -0.25) is 0 Å². The lowest BCUT2D eigenvalue weighted by Crippen LogP contribution is -2.22. The fourth-order valence-corrected chi connectivity index (χ4v) is 4.61. The summed E-state index contributed by atoms with van der Waals surface area (Å²) in [6.45, 7) is 1.16. The molecule has 0 aliphatic carbocycles. The molecule has 0 aliphatic rings. The summed E-state index contributed by atoms with van der Waals surface area (Å²) in [4.78, 5) is 0.261. The first-order chi connectivity index (χ1) is 14.4. The largest absolute Gasteiger partial charge is 0.508 e. The van der Waals surface area contributed by atoms with Crippen molar-refractivity contribution in [1.82, 2.24) is 5.32 Å². The maximum absolute atomic E-state index is 12.6. The molecule has 0 aliphatic heterocycles. The zero-order valence-electron chi connectivity index (χ0n) is 16.7. The van der Waals surface area contributed by atoms with Crippen molar-refractivity contribution in [1.29, 1.82) is 0 Å². The number of aryl methyl sites for hydroxylation is 1. The van der Waals surface area contributed by atoms with Crippen LogP contribution < -0.4 is 5.32 Å². The number of aliphatic hydroxyl groups is 1. The van der Waals surface area contributed by atoms with Gasteiger partial charge in [-0.15, -0.1) is 12.4 Å². The lowest BCUT2D eigenvalue weighted by Gasteiger charge is -2.12. The Morgan fingerprint density at radius 1 is 0.935 bits per heavy atom. The quantitative estimate of drug-likeness (QED) is 0.390. The predicted molar refractivity (Wildman–Crippen MR) is 125 cm³/mol. The van der Waals surface area contributed by atoms with E-state index in [1.807, 2.05) is 12.1 Å². The second-order valence-corrected chi connectivity index (χ2v) is 9.41. The van der Waals surface area contributed by atoms with Crippen molar-refractivity contribution in [3.8, 4) is 5.75 Å². The van der Waals surface area contributed by atoms with Crippen LogP contribution >= 0.6 is 24.0 Å². The van der Waals surface area contributed by atoms with E-state index < -0.39 is 15.9 Å².